The molecule has 0 atom stereocenters. The first-order valence-corrected chi connectivity index (χ1v) is 6.68. The van der Waals surface area contributed by atoms with E-state index in [9.17, 15) is 13.9 Å². The summed E-state index contributed by atoms with van der Waals surface area (Å²) >= 11 is 0. The molecule has 0 saturated heterocycles. The second kappa shape index (κ2) is 5.65. The summed E-state index contributed by atoms with van der Waals surface area (Å²) in [5, 5.41) is 17.4. The number of hydrogen-bond acceptors (Lipinski definition) is 3. The van der Waals surface area contributed by atoms with E-state index in [4.69, 9.17) is 0 Å². The Labute approximate surface area is 125 Å². The summed E-state index contributed by atoms with van der Waals surface area (Å²) in [6.07, 6.45) is 0. The molecule has 0 bridgehead atoms. The van der Waals surface area contributed by atoms with Crippen LogP contribution in [0.15, 0.2) is 42.5 Å². The topological polar surface area (TPSA) is 50.9 Å². The van der Waals surface area contributed by atoms with E-state index >= 15 is 0 Å². The van der Waals surface area contributed by atoms with Crippen LogP contribution in [0.25, 0.3) is 16.9 Å². The van der Waals surface area contributed by atoms with E-state index in [1.165, 1.54) is 10.7 Å². The van der Waals surface area contributed by atoms with E-state index in [1.54, 1.807) is 0 Å². The summed E-state index contributed by atoms with van der Waals surface area (Å²) in [4.78, 5) is 0. The fourth-order valence-electron chi connectivity index (χ4n) is 2.29. The summed E-state index contributed by atoms with van der Waals surface area (Å²) in [5.74, 6) is -1.89. The third-order valence-corrected chi connectivity index (χ3v) is 3.33. The second-order valence-corrected chi connectivity index (χ2v) is 4.92. The Kier molecular flexibility index (Phi) is 3.68. The third-order valence-electron chi connectivity index (χ3n) is 3.33. The van der Waals surface area contributed by atoms with Crippen molar-refractivity contribution in [1.82, 2.24) is 15.0 Å². The molecule has 0 saturated carbocycles. The number of aliphatic hydroxyl groups excluding tert-OH is 1. The van der Waals surface area contributed by atoms with Crippen molar-refractivity contribution in [2.75, 3.05) is 0 Å². The molecule has 3 aromatic rings. The monoisotopic (exact) mass is 301 g/mol. The highest BCUT2D eigenvalue weighted by molar-refractivity contribution is 5.64. The van der Waals surface area contributed by atoms with E-state index in [0.717, 1.165) is 23.4 Å². The van der Waals surface area contributed by atoms with E-state index < -0.39 is 11.6 Å². The number of benzene rings is 2. The smallest absolute Gasteiger partial charge is 0.159 e. The predicted molar refractivity (Wildman–Crippen MR) is 77.4 cm³/mol. The van der Waals surface area contributed by atoms with Crippen LogP contribution in [0, 0.1) is 18.6 Å². The van der Waals surface area contributed by atoms with Gasteiger partial charge in [0.15, 0.2) is 11.6 Å². The Morgan fingerprint density at radius 3 is 2.59 bits per heavy atom. The lowest BCUT2D eigenvalue weighted by Crippen LogP contribution is -2.01. The molecule has 0 amide bonds. The number of aryl methyl sites for hydroxylation is 1. The normalized spacial score (nSPS) is 10.9. The number of aromatic nitrogens is 3. The number of hydrogen-bond donors (Lipinski definition) is 1. The molecule has 3 rings (SSSR count). The van der Waals surface area contributed by atoms with E-state index in [2.05, 4.69) is 10.3 Å². The maximum Gasteiger partial charge on any atom is 0.159 e. The lowest BCUT2D eigenvalue weighted by Gasteiger charge is -2.09. The molecule has 0 fully saturated rings. The first kappa shape index (κ1) is 14.3. The van der Waals surface area contributed by atoms with Crippen molar-refractivity contribution < 1.29 is 13.9 Å². The second-order valence-electron chi connectivity index (χ2n) is 4.92. The molecular formula is C16H13F2N3O. The van der Waals surface area contributed by atoms with Gasteiger partial charge in [-0.25, -0.2) is 13.5 Å². The molecule has 4 nitrogen and oxygen atoms in total. The highest BCUT2D eigenvalue weighted by Gasteiger charge is 2.17. The molecule has 0 spiro atoms. The van der Waals surface area contributed by atoms with Gasteiger partial charge in [0.05, 0.1) is 12.3 Å². The van der Waals surface area contributed by atoms with Gasteiger partial charge in [-0.3, -0.25) is 0 Å². The van der Waals surface area contributed by atoms with Crippen LogP contribution in [0.5, 0.6) is 0 Å². The highest BCUT2D eigenvalue weighted by Crippen LogP contribution is 2.27. The molecule has 112 valence electrons. The number of halogens is 2. The average Bonchev–Trinajstić information content (AvgIpc) is 2.94. The zero-order valence-electron chi connectivity index (χ0n) is 11.8. The van der Waals surface area contributed by atoms with Crippen LogP contribution in [-0.4, -0.2) is 20.1 Å². The van der Waals surface area contributed by atoms with Gasteiger partial charge in [0.1, 0.15) is 11.4 Å². The minimum absolute atomic E-state index is 0.299. The van der Waals surface area contributed by atoms with Crippen LogP contribution >= 0.6 is 0 Å². The standard InChI is InChI=1S/C16H13F2N3O/c1-10-3-2-4-12(7-10)21-16(15(9-22)19-20-21)11-5-6-13(17)14(18)8-11/h2-8,22H,9H2,1H3. The molecule has 1 aromatic heterocycles. The Bertz CT molecular complexity index is 830. The third kappa shape index (κ3) is 2.48. The quantitative estimate of drug-likeness (QED) is 0.809. The van der Waals surface area contributed by atoms with E-state index in [-0.39, 0.29) is 6.61 Å². The summed E-state index contributed by atoms with van der Waals surface area (Å²) in [6.45, 7) is 1.59. The molecule has 2 aromatic carbocycles. The van der Waals surface area contributed by atoms with Gasteiger partial charge in [-0.1, -0.05) is 17.3 Å². The molecule has 6 heteroatoms. The number of rotatable bonds is 3. The van der Waals surface area contributed by atoms with Crippen molar-refractivity contribution in [3.63, 3.8) is 0 Å². The van der Waals surface area contributed by atoms with Gasteiger partial charge in [-0.2, -0.15) is 0 Å². The van der Waals surface area contributed by atoms with Crippen LogP contribution in [0.2, 0.25) is 0 Å². The molecular weight excluding hydrogens is 288 g/mol. The van der Waals surface area contributed by atoms with Gasteiger partial charge < -0.3 is 5.11 Å². The fraction of sp³-hybridized carbons (Fsp3) is 0.125. The Morgan fingerprint density at radius 1 is 1.09 bits per heavy atom. The van der Waals surface area contributed by atoms with Gasteiger partial charge in [0, 0.05) is 5.56 Å². The van der Waals surface area contributed by atoms with Crippen molar-refractivity contribution in [3.8, 4) is 16.9 Å². The van der Waals surface area contributed by atoms with Gasteiger partial charge in [-0.05, 0) is 42.8 Å². The van der Waals surface area contributed by atoms with Gasteiger partial charge >= 0.3 is 0 Å². The maximum absolute atomic E-state index is 13.5. The molecule has 0 unspecified atom stereocenters. The van der Waals surface area contributed by atoms with E-state index in [1.807, 2.05) is 31.2 Å². The van der Waals surface area contributed by atoms with Crippen molar-refractivity contribution in [2.24, 2.45) is 0 Å². The molecule has 0 aliphatic rings. The molecule has 0 aliphatic carbocycles. The number of nitrogens with zero attached hydrogens (tertiary/aromatic N) is 3. The summed E-state index contributed by atoms with van der Waals surface area (Å²) in [6, 6.07) is 11.1. The average molecular weight is 301 g/mol. The van der Waals surface area contributed by atoms with E-state index in [0.29, 0.717) is 17.0 Å². The van der Waals surface area contributed by atoms with Crippen molar-refractivity contribution in [2.45, 2.75) is 13.5 Å². The molecule has 1 heterocycles. The minimum atomic E-state index is -0.960. The number of aliphatic hydroxyl groups is 1. The summed E-state index contributed by atoms with van der Waals surface area (Å²) < 4.78 is 28.2. The fourth-order valence-corrected chi connectivity index (χ4v) is 2.29. The van der Waals surface area contributed by atoms with Crippen LogP contribution in [0.3, 0.4) is 0 Å². The lowest BCUT2D eigenvalue weighted by atomic mass is 10.1. The Morgan fingerprint density at radius 2 is 1.91 bits per heavy atom. The van der Waals surface area contributed by atoms with Crippen molar-refractivity contribution >= 4 is 0 Å². The molecule has 1 N–H and O–H groups in total. The zero-order valence-corrected chi connectivity index (χ0v) is 11.8. The zero-order chi connectivity index (χ0) is 15.7. The SMILES string of the molecule is Cc1cccc(-n2nnc(CO)c2-c2ccc(F)c(F)c2)c1. The maximum atomic E-state index is 13.5. The van der Waals surface area contributed by atoms with Gasteiger partial charge in [-0.15, -0.1) is 5.10 Å². The minimum Gasteiger partial charge on any atom is -0.390 e. The van der Waals surface area contributed by atoms with Gasteiger partial charge in [0.25, 0.3) is 0 Å². The van der Waals surface area contributed by atoms with Crippen LogP contribution < -0.4 is 0 Å². The first-order valence-electron chi connectivity index (χ1n) is 6.68. The van der Waals surface area contributed by atoms with Crippen LogP contribution in [-0.2, 0) is 6.61 Å². The van der Waals surface area contributed by atoms with Crippen molar-refractivity contribution in [1.29, 1.82) is 0 Å². The van der Waals surface area contributed by atoms with Crippen LogP contribution in [0.4, 0.5) is 8.78 Å². The first-order chi connectivity index (χ1) is 10.6. The highest BCUT2D eigenvalue weighted by atomic mass is 19.2. The lowest BCUT2D eigenvalue weighted by molar-refractivity contribution is 0.277. The Balaban J connectivity index is 2.21. The summed E-state index contributed by atoms with van der Waals surface area (Å²) in [5.41, 5.74) is 2.88. The Hall–Kier alpha value is -2.60. The largest absolute Gasteiger partial charge is 0.390 e. The molecule has 0 radical (unpaired) electrons. The molecule has 0 aliphatic heterocycles. The van der Waals surface area contributed by atoms with Crippen molar-refractivity contribution in [3.05, 3.63) is 65.4 Å². The molecule has 22 heavy (non-hydrogen) atoms. The van der Waals surface area contributed by atoms with Gasteiger partial charge in [0.2, 0.25) is 0 Å². The van der Waals surface area contributed by atoms with Crippen LogP contribution in [0.1, 0.15) is 11.3 Å². The predicted octanol–water partition coefficient (Wildman–Crippen LogP) is 3.01. The summed E-state index contributed by atoms with van der Waals surface area (Å²) in [7, 11) is 0.